The molecule has 0 saturated heterocycles. The Kier molecular flexibility index (Phi) is 10.4. The summed E-state index contributed by atoms with van der Waals surface area (Å²) in [6, 6.07) is 81.4. The highest BCUT2D eigenvalue weighted by atomic mass is 28.3. The van der Waals surface area contributed by atoms with Gasteiger partial charge in [-0.2, -0.15) is 0 Å². The van der Waals surface area contributed by atoms with Gasteiger partial charge in [0.05, 0.1) is 13.5 Å². The van der Waals surface area contributed by atoms with Gasteiger partial charge in [-0.1, -0.05) is 231 Å². The summed E-state index contributed by atoms with van der Waals surface area (Å²) >= 11 is 0. The standard InChI is InChI=1S/C64H48N4Si/c1-69(2,3)55-35-31-48(32-36-55)62-66-61(47-29-27-45(28-30-47)52-17-13-39-65-42-52)67-63(68-62)51-16-12-15-49(40-51)43-23-25-44(26-24-43)50-34-37-57-58-38-33-46-14-10-11-22-56(46)60(58)64(59(57)41-50,53-18-6-4-7-19-53)54-20-8-5-9-21-54/h4-42H,1-3H3. The third kappa shape index (κ3) is 7.48. The molecule has 1 aliphatic rings. The van der Waals surface area contributed by atoms with E-state index in [4.69, 9.17) is 15.0 Å². The number of hydrogen-bond donors (Lipinski definition) is 0. The number of aromatic nitrogens is 4. The summed E-state index contributed by atoms with van der Waals surface area (Å²) in [5, 5.41) is 3.92. The van der Waals surface area contributed by atoms with E-state index in [9.17, 15) is 0 Å². The lowest BCUT2D eigenvalue weighted by molar-refractivity contribution is 0.776. The van der Waals surface area contributed by atoms with E-state index in [1.54, 1.807) is 6.20 Å². The van der Waals surface area contributed by atoms with Crippen molar-refractivity contribution in [3.05, 3.63) is 259 Å². The Morgan fingerprint density at radius 2 is 0.855 bits per heavy atom. The van der Waals surface area contributed by atoms with Gasteiger partial charge in [-0.15, -0.1) is 0 Å². The van der Waals surface area contributed by atoms with Gasteiger partial charge in [0, 0.05) is 29.1 Å². The van der Waals surface area contributed by atoms with E-state index in [0.717, 1.165) is 44.5 Å². The van der Waals surface area contributed by atoms with Crippen molar-refractivity contribution in [2.24, 2.45) is 0 Å². The first-order chi connectivity index (χ1) is 33.8. The van der Waals surface area contributed by atoms with Gasteiger partial charge in [-0.3, -0.25) is 4.98 Å². The highest BCUT2D eigenvalue weighted by Gasteiger charge is 2.47. The van der Waals surface area contributed by atoms with E-state index in [0.29, 0.717) is 17.5 Å². The summed E-state index contributed by atoms with van der Waals surface area (Å²) in [5.41, 5.74) is 16.7. The van der Waals surface area contributed by atoms with E-state index < -0.39 is 13.5 Å². The SMILES string of the molecule is C[Si](C)(C)c1ccc(-c2nc(-c3ccc(-c4cccnc4)cc3)nc(-c3cccc(-c4ccc(-c5ccc6c(c5)C(c5ccccc5)(c5ccccc5)c5c-6ccc6ccccc56)cc4)c3)n2)cc1. The summed E-state index contributed by atoms with van der Waals surface area (Å²) in [7, 11) is -1.49. The molecule has 4 nitrogen and oxygen atoms in total. The summed E-state index contributed by atoms with van der Waals surface area (Å²) in [6.07, 6.45) is 3.68. The number of pyridine rings is 1. The smallest absolute Gasteiger partial charge is 0.164 e. The van der Waals surface area contributed by atoms with Crippen LogP contribution < -0.4 is 5.19 Å². The predicted molar refractivity (Wildman–Crippen MR) is 288 cm³/mol. The Morgan fingerprint density at radius 3 is 1.46 bits per heavy atom. The normalized spacial score (nSPS) is 12.7. The van der Waals surface area contributed by atoms with Crippen molar-refractivity contribution in [2.45, 2.75) is 25.1 Å². The van der Waals surface area contributed by atoms with E-state index >= 15 is 0 Å². The fourth-order valence-electron chi connectivity index (χ4n) is 10.4. The molecular formula is C64H48N4Si. The minimum Gasteiger partial charge on any atom is -0.264 e. The van der Waals surface area contributed by atoms with Crippen molar-refractivity contribution in [1.29, 1.82) is 0 Å². The Hall–Kier alpha value is -8.38. The lowest BCUT2D eigenvalue weighted by Gasteiger charge is -2.35. The Bertz CT molecular complexity index is 3620. The van der Waals surface area contributed by atoms with Crippen LogP contribution in [-0.2, 0) is 5.41 Å². The number of benzene rings is 9. The van der Waals surface area contributed by atoms with Crippen LogP contribution in [0.1, 0.15) is 22.3 Å². The molecule has 0 amide bonds. The van der Waals surface area contributed by atoms with Gasteiger partial charge in [0.2, 0.25) is 0 Å². The van der Waals surface area contributed by atoms with Gasteiger partial charge < -0.3 is 0 Å². The zero-order valence-electron chi connectivity index (χ0n) is 38.8. The first kappa shape index (κ1) is 42.0. The highest BCUT2D eigenvalue weighted by Crippen LogP contribution is 2.58. The van der Waals surface area contributed by atoms with Crippen molar-refractivity contribution >= 4 is 24.0 Å². The van der Waals surface area contributed by atoms with Gasteiger partial charge in [0.25, 0.3) is 0 Å². The van der Waals surface area contributed by atoms with Crippen LogP contribution in [0, 0.1) is 0 Å². The van der Waals surface area contributed by atoms with Crippen LogP contribution in [0.5, 0.6) is 0 Å². The topological polar surface area (TPSA) is 51.6 Å². The molecule has 12 rings (SSSR count). The van der Waals surface area contributed by atoms with Crippen molar-refractivity contribution < 1.29 is 0 Å². The number of hydrogen-bond acceptors (Lipinski definition) is 4. The van der Waals surface area contributed by atoms with Crippen LogP contribution in [0.25, 0.3) is 89.4 Å². The summed E-state index contributed by atoms with van der Waals surface area (Å²) in [6.45, 7) is 7.10. The number of fused-ring (bicyclic) bond motifs is 5. The minimum atomic E-state index is -1.49. The molecule has 2 aromatic heterocycles. The molecule has 11 aromatic rings. The molecule has 0 fully saturated rings. The molecule has 0 bridgehead atoms. The van der Waals surface area contributed by atoms with Crippen molar-refractivity contribution in [3.63, 3.8) is 0 Å². The van der Waals surface area contributed by atoms with Crippen LogP contribution in [-0.4, -0.2) is 28.0 Å². The van der Waals surface area contributed by atoms with Gasteiger partial charge >= 0.3 is 0 Å². The van der Waals surface area contributed by atoms with Crippen LogP contribution in [0.2, 0.25) is 19.6 Å². The molecule has 69 heavy (non-hydrogen) atoms. The molecular weight excluding hydrogens is 853 g/mol. The maximum atomic E-state index is 5.14. The Labute approximate surface area is 404 Å². The second-order valence-corrected chi connectivity index (χ2v) is 24.1. The average Bonchev–Trinajstić information content (AvgIpc) is 3.72. The lowest BCUT2D eigenvalue weighted by Crippen LogP contribution is -2.37. The molecule has 328 valence electrons. The van der Waals surface area contributed by atoms with Crippen molar-refractivity contribution in [2.75, 3.05) is 0 Å². The average molecular weight is 901 g/mol. The van der Waals surface area contributed by atoms with E-state index in [1.165, 1.54) is 54.9 Å². The molecule has 0 saturated carbocycles. The van der Waals surface area contributed by atoms with Gasteiger partial charge in [-0.05, 0) is 95.7 Å². The predicted octanol–water partition coefficient (Wildman–Crippen LogP) is 15.3. The fraction of sp³-hybridized carbons (Fsp3) is 0.0625. The molecule has 0 N–H and O–H groups in total. The second kappa shape index (κ2) is 17.0. The second-order valence-electron chi connectivity index (χ2n) is 19.1. The first-order valence-corrected chi connectivity index (χ1v) is 27.2. The molecule has 0 radical (unpaired) electrons. The largest absolute Gasteiger partial charge is 0.264 e. The number of rotatable bonds is 9. The van der Waals surface area contributed by atoms with Crippen molar-refractivity contribution in [3.8, 4) is 78.7 Å². The molecule has 0 atom stereocenters. The summed E-state index contributed by atoms with van der Waals surface area (Å²) in [5.74, 6) is 1.91. The third-order valence-electron chi connectivity index (χ3n) is 13.9. The van der Waals surface area contributed by atoms with E-state index in [1.807, 2.05) is 12.3 Å². The molecule has 1 aliphatic carbocycles. The maximum absolute atomic E-state index is 5.14. The molecule has 0 unspecified atom stereocenters. The number of nitrogens with zero attached hydrogens (tertiary/aromatic N) is 4. The van der Waals surface area contributed by atoms with Crippen molar-refractivity contribution in [1.82, 2.24) is 19.9 Å². The summed E-state index contributed by atoms with van der Waals surface area (Å²) in [4.78, 5) is 19.7. The fourth-order valence-corrected chi connectivity index (χ4v) is 11.5. The van der Waals surface area contributed by atoms with Crippen LogP contribution in [0.3, 0.4) is 0 Å². The zero-order valence-corrected chi connectivity index (χ0v) is 39.8. The molecule has 2 heterocycles. The van der Waals surface area contributed by atoms with Crippen LogP contribution in [0.15, 0.2) is 237 Å². The molecule has 9 aromatic carbocycles. The summed E-state index contributed by atoms with van der Waals surface area (Å²) < 4.78 is 0. The monoisotopic (exact) mass is 900 g/mol. The van der Waals surface area contributed by atoms with Gasteiger partial charge in [0.15, 0.2) is 17.5 Å². The maximum Gasteiger partial charge on any atom is 0.164 e. The third-order valence-corrected chi connectivity index (χ3v) is 16.0. The quantitative estimate of drug-likeness (QED) is 0.135. The minimum absolute atomic E-state index is 0.514. The van der Waals surface area contributed by atoms with E-state index in [-0.39, 0.29) is 0 Å². The molecule has 0 aliphatic heterocycles. The first-order valence-electron chi connectivity index (χ1n) is 23.7. The Balaban J connectivity index is 0.924. The lowest BCUT2D eigenvalue weighted by atomic mass is 9.66. The molecule has 5 heteroatoms. The van der Waals surface area contributed by atoms with Crippen LogP contribution in [0.4, 0.5) is 0 Å². The zero-order chi connectivity index (χ0) is 46.5. The van der Waals surface area contributed by atoms with Crippen LogP contribution >= 0.6 is 0 Å². The highest BCUT2D eigenvalue weighted by molar-refractivity contribution is 6.88. The molecule has 0 spiro atoms. The van der Waals surface area contributed by atoms with E-state index in [2.05, 4.69) is 243 Å². The Morgan fingerprint density at radius 1 is 0.362 bits per heavy atom. The van der Waals surface area contributed by atoms with Gasteiger partial charge in [-0.25, -0.2) is 15.0 Å². The van der Waals surface area contributed by atoms with Gasteiger partial charge in [0.1, 0.15) is 0 Å².